The Morgan fingerprint density at radius 1 is 0.963 bits per heavy atom. The predicted octanol–water partition coefficient (Wildman–Crippen LogP) is 0.199. The molecule has 0 aromatic rings. The van der Waals surface area contributed by atoms with Gasteiger partial charge in [0.25, 0.3) is 33.7 Å². The molecule has 1 fully saturated rings. The Bertz CT molecular complexity index is 728. The lowest BCUT2D eigenvalue weighted by molar-refractivity contribution is -0.187. The number of imide groups is 2. The summed E-state index contributed by atoms with van der Waals surface area (Å²) in [5, 5.41) is -1.37. The lowest BCUT2D eigenvalue weighted by Gasteiger charge is -2.14. The molecule has 1 N–H and O–H groups in total. The normalized spacial score (nSPS) is 20.4. The van der Waals surface area contributed by atoms with Crippen molar-refractivity contribution in [3.63, 3.8) is 0 Å². The highest BCUT2D eigenvalue weighted by molar-refractivity contribution is 7.87. The van der Waals surface area contributed by atoms with Gasteiger partial charge in [-0.1, -0.05) is 25.7 Å². The molecule has 0 aliphatic carbocycles. The Kier molecular flexibility index (Phi) is 7.22. The van der Waals surface area contributed by atoms with E-state index in [2.05, 4.69) is 0 Å². The van der Waals surface area contributed by atoms with E-state index in [9.17, 15) is 27.6 Å². The third-order valence-corrected chi connectivity index (χ3v) is 5.41. The van der Waals surface area contributed by atoms with Gasteiger partial charge in [0.1, 0.15) is 0 Å². The number of carbonyl (C=O) groups is 4. The minimum absolute atomic E-state index is 0.0815. The molecule has 0 spiro atoms. The van der Waals surface area contributed by atoms with Crippen molar-refractivity contribution < 1.29 is 37.0 Å². The van der Waals surface area contributed by atoms with Crippen LogP contribution in [0.25, 0.3) is 0 Å². The van der Waals surface area contributed by atoms with Crippen LogP contribution in [-0.4, -0.2) is 65.0 Å². The molecule has 1 atom stereocenters. The van der Waals surface area contributed by atoms with E-state index < -0.39 is 33.6 Å². The van der Waals surface area contributed by atoms with Crippen LogP contribution in [0.3, 0.4) is 0 Å². The molecule has 2 aliphatic rings. The van der Waals surface area contributed by atoms with Gasteiger partial charge in [0.15, 0.2) is 5.25 Å². The molecule has 4 amide bonds. The maximum Gasteiger partial charge on any atom is 0.277 e. The van der Waals surface area contributed by atoms with Crippen molar-refractivity contribution in [3.05, 3.63) is 12.2 Å². The largest absolute Gasteiger partial charge is 0.285 e. The second kappa shape index (κ2) is 9.20. The van der Waals surface area contributed by atoms with Gasteiger partial charge in [-0.05, 0) is 12.8 Å². The molecule has 1 unspecified atom stereocenters. The van der Waals surface area contributed by atoms with Crippen LogP contribution in [0.1, 0.15) is 44.9 Å². The highest BCUT2D eigenvalue weighted by atomic mass is 32.2. The summed E-state index contributed by atoms with van der Waals surface area (Å²) in [5.74, 6) is -2.41. The van der Waals surface area contributed by atoms with E-state index in [1.807, 2.05) is 0 Å². The third kappa shape index (κ3) is 5.68. The zero-order valence-electron chi connectivity index (χ0n) is 14.7. The average molecular weight is 402 g/mol. The molecule has 11 heteroatoms. The number of carbonyl (C=O) groups excluding carboxylic acids is 4. The van der Waals surface area contributed by atoms with Crippen molar-refractivity contribution in [2.24, 2.45) is 0 Å². The zero-order valence-corrected chi connectivity index (χ0v) is 15.5. The standard InChI is InChI=1S/C16H22N2O8S/c19-13-7-8-14(20)17(13)9-5-3-1-2-4-6-10-26-18-15(21)11-12(16(18)22)27(23,24)25/h7-8,12H,1-6,9-11H2,(H,23,24,25). The Morgan fingerprint density at radius 3 is 2.07 bits per heavy atom. The van der Waals surface area contributed by atoms with Crippen molar-refractivity contribution >= 4 is 33.7 Å². The number of hydrogen-bond donors (Lipinski definition) is 1. The molecule has 1 saturated heterocycles. The van der Waals surface area contributed by atoms with Crippen LogP contribution in [0, 0.1) is 0 Å². The van der Waals surface area contributed by atoms with Gasteiger partial charge >= 0.3 is 0 Å². The molecule has 0 saturated carbocycles. The number of nitrogens with zero attached hydrogens (tertiary/aromatic N) is 2. The van der Waals surface area contributed by atoms with Crippen LogP contribution in [-0.2, 0) is 34.1 Å². The number of hydroxylamine groups is 2. The lowest BCUT2D eigenvalue weighted by Crippen LogP contribution is -2.35. The van der Waals surface area contributed by atoms with Gasteiger partial charge in [0, 0.05) is 18.7 Å². The molecule has 0 bridgehead atoms. The zero-order chi connectivity index (χ0) is 20.0. The van der Waals surface area contributed by atoms with Gasteiger partial charge in [-0.3, -0.25) is 33.5 Å². The van der Waals surface area contributed by atoms with Crippen molar-refractivity contribution in [3.8, 4) is 0 Å². The first-order chi connectivity index (χ1) is 12.7. The minimum Gasteiger partial charge on any atom is -0.285 e. The lowest BCUT2D eigenvalue weighted by atomic mass is 10.1. The molecule has 0 aromatic heterocycles. The van der Waals surface area contributed by atoms with Gasteiger partial charge < -0.3 is 0 Å². The summed E-state index contributed by atoms with van der Waals surface area (Å²) in [4.78, 5) is 52.3. The van der Waals surface area contributed by atoms with E-state index in [1.54, 1.807) is 0 Å². The van der Waals surface area contributed by atoms with E-state index in [0.717, 1.165) is 32.1 Å². The molecule has 0 radical (unpaired) electrons. The average Bonchev–Trinajstić information content (AvgIpc) is 3.06. The topological polar surface area (TPSA) is 138 Å². The number of hydrogen-bond acceptors (Lipinski definition) is 7. The fraction of sp³-hybridized carbons (Fsp3) is 0.625. The Labute approximate surface area is 156 Å². The minimum atomic E-state index is -4.62. The van der Waals surface area contributed by atoms with Crippen LogP contribution in [0.2, 0.25) is 0 Å². The van der Waals surface area contributed by atoms with Crippen LogP contribution in [0.5, 0.6) is 0 Å². The summed E-state index contributed by atoms with van der Waals surface area (Å²) >= 11 is 0. The second-order valence-electron chi connectivity index (χ2n) is 6.35. The van der Waals surface area contributed by atoms with Gasteiger partial charge in [-0.15, -0.1) is 0 Å². The molecule has 0 aromatic carbocycles. The third-order valence-electron chi connectivity index (χ3n) is 4.32. The van der Waals surface area contributed by atoms with E-state index in [-0.39, 0.29) is 18.4 Å². The second-order valence-corrected chi connectivity index (χ2v) is 7.95. The molecule has 2 rings (SSSR count). The van der Waals surface area contributed by atoms with Crippen molar-refractivity contribution in [1.82, 2.24) is 9.96 Å². The summed E-state index contributed by atoms with van der Waals surface area (Å²) in [5.41, 5.74) is 0. The fourth-order valence-corrected chi connectivity index (χ4v) is 3.54. The number of amides is 4. The Morgan fingerprint density at radius 2 is 1.52 bits per heavy atom. The van der Waals surface area contributed by atoms with E-state index in [1.165, 1.54) is 17.1 Å². The summed E-state index contributed by atoms with van der Waals surface area (Å²) in [6, 6.07) is 0. The first-order valence-electron chi connectivity index (χ1n) is 8.71. The van der Waals surface area contributed by atoms with Crippen LogP contribution >= 0.6 is 0 Å². The van der Waals surface area contributed by atoms with Gasteiger partial charge in [0.05, 0.1) is 13.0 Å². The first kappa shape index (κ1) is 21.2. The van der Waals surface area contributed by atoms with Crippen LogP contribution in [0.4, 0.5) is 0 Å². The molecule has 27 heavy (non-hydrogen) atoms. The monoisotopic (exact) mass is 402 g/mol. The van der Waals surface area contributed by atoms with Gasteiger partial charge in [-0.25, -0.2) is 0 Å². The smallest absolute Gasteiger partial charge is 0.277 e. The molecular formula is C16H22N2O8S. The molecule has 2 heterocycles. The Balaban J connectivity index is 1.53. The number of rotatable bonds is 11. The summed E-state index contributed by atoms with van der Waals surface area (Å²) < 4.78 is 30.9. The van der Waals surface area contributed by atoms with Gasteiger partial charge in [-0.2, -0.15) is 13.5 Å². The van der Waals surface area contributed by atoms with E-state index in [4.69, 9.17) is 9.39 Å². The summed E-state index contributed by atoms with van der Waals surface area (Å²) in [6.45, 7) is 0.486. The van der Waals surface area contributed by atoms with Gasteiger partial charge in [0.2, 0.25) is 0 Å². The predicted molar refractivity (Wildman–Crippen MR) is 91.3 cm³/mol. The fourth-order valence-electron chi connectivity index (χ4n) is 2.84. The highest BCUT2D eigenvalue weighted by Gasteiger charge is 2.46. The first-order valence-corrected chi connectivity index (χ1v) is 10.2. The van der Waals surface area contributed by atoms with Crippen LogP contribution in [0.15, 0.2) is 12.2 Å². The summed E-state index contributed by atoms with van der Waals surface area (Å²) in [7, 11) is -4.62. The van der Waals surface area contributed by atoms with Crippen molar-refractivity contribution in [2.75, 3.05) is 13.2 Å². The quantitative estimate of drug-likeness (QED) is 0.294. The summed E-state index contributed by atoms with van der Waals surface area (Å²) in [6.07, 6.45) is 6.61. The number of unbranched alkanes of at least 4 members (excludes halogenated alkanes) is 5. The highest BCUT2D eigenvalue weighted by Crippen LogP contribution is 2.20. The molecule has 2 aliphatic heterocycles. The maximum absolute atomic E-state index is 11.7. The molecular weight excluding hydrogens is 380 g/mol. The van der Waals surface area contributed by atoms with Crippen molar-refractivity contribution in [2.45, 2.75) is 50.2 Å². The SMILES string of the molecule is O=C1C=CC(=O)N1CCCCCCCCON1C(=O)CC(S(=O)(=O)O)C1=O. The van der Waals surface area contributed by atoms with Crippen LogP contribution < -0.4 is 0 Å². The molecule has 10 nitrogen and oxygen atoms in total. The maximum atomic E-state index is 11.7. The van der Waals surface area contributed by atoms with Crippen molar-refractivity contribution in [1.29, 1.82) is 0 Å². The van der Waals surface area contributed by atoms with E-state index in [0.29, 0.717) is 18.0 Å². The van der Waals surface area contributed by atoms with E-state index >= 15 is 0 Å². The molecule has 150 valence electrons. The Hall–Kier alpha value is -2.11.